The molecule has 0 bridgehead atoms. The fraction of sp³-hybridized carbons (Fsp3) is 0.400. The van der Waals surface area contributed by atoms with Crippen LogP contribution in [0, 0.1) is 0 Å². The standard InChI is InChI=1S/C10H11Br2F3N2/c11-6-1-2-8(12)7(5-6)9(17-16)3-4-10(13,14)15/h1-2,5,9,17H,3-4,16H2. The molecule has 7 heteroatoms. The molecule has 0 saturated heterocycles. The van der Waals surface area contributed by atoms with Gasteiger partial charge in [-0.2, -0.15) is 13.2 Å². The molecule has 0 heterocycles. The Morgan fingerprint density at radius 2 is 1.94 bits per heavy atom. The summed E-state index contributed by atoms with van der Waals surface area (Å²) in [5, 5.41) is 0. The van der Waals surface area contributed by atoms with E-state index >= 15 is 0 Å². The van der Waals surface area contributed by atoms with Gasteiger partial charge in [0.15, 0.2) is 0 Å². The summed E-state index contributed by atoms with van der Waals surface area (Å²) in [7, 11) is 0. The normalized spacial score (nSPS) is 13.8. The molecule has 0 fully saturated rings. The van der Waals surface area contributed by atoms with Crippen molar-refractivity contribution in [2.24, 2.45) is 5.84 Å². The van der Waals surface area contributed by atoms with E-state index in [1.807, 2.05) is 0 Å². The molecule has 96 valence electrons. The zero-order valence-corrected chi connectivity index (χ0v) is 11.9. The fourth-order valence-corrected chi connectivity index (χ4v) is 2.32. The lowest BCUT2D eigenvalue weighted by Crippen LogP contribution is -2.29. The first-order valence-electron chi connectivity index (χ1n) is 4.81. The van der Waals surface area contributed by atoms with E-state index in [1.165, 1.54) is 0 Å². The van der Waals surface area contributed by atoms with Crippen LogP contribution in [0.25, 0.3) is 0 Å². The van der Waals surface area contributed by atoms with Crippen molar-refractivity contribution in [2.45, 2.75) is 25.1 Å². The van der Waals surface area contributed by atoms with Crippen LogP contribution < -0.4 is 11.3 Å². The van der Waals surface area contributed by atoms with Crippen LogP contribution in [0.5, 0.6) is 0 Å². The number of benzene rings is 1. The van der Waals surface area contributed by atoms with Gasteiger partial charge < -0.3 is 0 Å². The molecule has 0 saturated carbocycles. The average Bonchev–Trinajstić information content (AvgIpc) is 2.22. The van der Waals surface area contributed by atoms with Gasteiger partial charge in [0, 0.05) is 21.4 Å². The van der Waals surface area contributed by atoms with Gasteiger partial charge in [0.1, 0.15) is 0 Å². The van der Waals surface area contributed by atoms with Crippen molar-refractivity contribution in [2.75, 3.05) is 0 Å². The Labute approximate surface area is 114 Å². The lowest BCUT2D eigenvalue weighted by Gasteiger charge is -2.19. The van der Waals surface area contributed by atoms with E-state index in [-0.39, 0.29) is 6.42 Å². The lowest BCUT2D eigenvalue weighted by molar-refractivity contribution is -0.136. The van der Waals surface area contributed by atoms with E-state index in [9.17, 15) is 13.2 Å². The molecule has 1 rings (SSSR count). The molecule has 0 radical (unpaired) electrons. The molecule has 1 atom stereocenters. The minimum Gasteiger partial charge on any atom is -0.271 e. The highest BCUT2D eigenvalue weighted by molar-refractivity contribution is 9.11. The molecule has 17 heavy (non-hydrogen) atoms. The van der Waals surface area contributed by atoms with Crippen LogP contribution in [0.4, 0.5) is 13.2 Å². The van der Waals surface area contributed by atoms with E-state index < -0.39 is 18.6 Å². The molecule has 1 aromatic carbocycles. The number of alkyl halides is 3. The Morgan fingerprint density at radius 3 is 2.47 bits per heavy atom. The van der Waals surface area contributed by atoms with Gasteiger partial charge in [0.25, 0.3) is 0 Å². The Bertz CT molecular complexity index is 382. The molecule has 1 aromatic rings. The summed E-state index contributed by atoms with van der Waals surface area (Å²) in [5.74, 6) is 5.30. The summed E-state index contributed by atoms with van der Waals surface area (Å²) < 4.78 is 38.0. The maximum atomic E-state index is 12.2. The maximum Gasteiger partial charge on any atom is 0.389 e. The van der Waals surface area contributed by atoms with E-state index in [1.54, 1.807) is 18.2 Å². The second-order valence-corrected chi connectivity index (χ2v) is 5.31. The van der Waals surface area contributed by atoms with E-state index in [0.717, 1.165) is 8.95 Å². The molecule has 0 aliphatic rings. The zero-order chi connectivity index (χ0) is 13.1. The molecule has 0 amide bonds. The van der Waals surface area contributed by atoms with Crippen LogP contribution in [0.2, 0.25) is 0 Å². The minimum atomic E-state index is -4.17. The van der Waals surface area contributed by atoms with E-state index in [0.29, 0.717) is 5.56 Å². The van der Waals surface area contributed by atoms with Crippen LogP contribution in [0.15, 0.2) is 27.1 Å². The first-order chi connectivity index (χ1) is 7.83. The number of nitrogens with one attached hydrogen (secondary N) is 1. The number of hydrogen-bond donors (Lipinski definition) is 2. The molecule has 0 aromatic heterocycles. The molecular weight excluding hydrogens is 365 g/mol. The monoisotopic (exact) mass is 374 g/mol. The third-order valence-corrected chi connectivity index (χ3v) is 3.47. The Morgan fingerprint density at radius 1 is 1.29 bits per heavy atom. The molecule has 3 N–H and O–H groups in total. The quantitative estimate of drug-likeness (QED) is 0.615. The van der Waals surface area contributed by atoms with Crippen molar-refractivity contribution in [3.63, 3.8) is 0 Å². The van der Waals surface area contributed by atoms with Gasteiger partial charge in [-0.1, -0.05) is 31.9 Å². The Balaban J connectivity index is 2.82. The second kappa shape index (κ2) is 6.17. The molecular formula is C10H11Br2F3N2. The number of hydrazine groups is 1. The topological polar surface area (TPSA) is 38.0 Å². The number of hydrogen-bond acceptors (Lipinski definition) is 2. The predicted octanol–water partition coefficient (Wildman–Crippen LogP) is 4.06. The summed E-state index contributed by atoms with van der Waals surface area (Å²) in [4.78, 5) is 0. The van der Waals surface area contributed by atoms with Crippen LogP contribution in [0.1, 0.15) is 24.4 Å². The Hall–Kier alpha value is -0.110. The van der Waals surface area contributed by atoms with Crippen LogP contribution >= 0.6 is 31.9 Å². The smallest absolute Gasteiger partial charge is 0.271 e. The third-order valence-electron chi connectivity index (χ3n) is 2.25. The number of nitrogens with two attached hydrogens (primary N) is 1. The molecule has 0 spiro atoms. The Kier molecular flexibility index (Phi) is 5.43. The average molecular weight is 376 g/mol. The fourth-order valence-electron chi connectivity index (χ4n) is 1.42. The number of rotatable bonds is 4. The largest absolute Gasteiger partial charge is 0.389 e. The van der Waals surface area contributed by atoms with Gasteiger partial charge in [-0.3, -0.25) is 11.3 Å². The third kappa shape index (κ3) is 4.95. The second-order valence-electron chi connectivity index (χ2n) is 3.54. The van der Waals surface area contributed by atoms with Crippen molar-refractivity contribution in [1.82, 2.24) is 5.43 Å². The van der Waals surface area contributed by atoms with Crippen molar-refractivity contribution in [3.05, 3.63) is 32.7 Å². The van der Waals surface area contributed by atoms with Crippen LogP contribution in [-0.2, 0) is 0 Å². The van der Waals surface area contributed by atoms with Gasteiger partial charge in [-0.25, -0.2) is 0 Å². The van der Waals surface area contributed by atoms with Crippen molar-refractivity contribution in [1.29, 1.82) is 0 Å². The van der Waals surface area contributed by atoms with Crippen LogP contribution in [-0.4, -0.2) is 6.18 Å². The first kappa shape index (κ1) is 14.9. The van der Waals surface area contributed by atoms with Crippen molar-refractivity contribution >= 4 is 31.9 Å². The summed E-state index contributed by atoms with van der Waals surface area (Å²) in [6, 6.07) is 4.76. The van der Waals surface area contributed by atoms with Crippen LogP contribution in [0.3, 0.4) is 0 Å². The van der Waals surface area contributed by atoms with Gasteiger partial charge >= 0.3 is 6.18 Å². The van der Waals surface area contributed by atoms with Crippen molar-refractivity contribution in [3.8, 4) is 0 Å². The first-order valence-corrected chi connectivity index (χ1v) is 6.40. The van der Waals surface area contributed by atoms with E-state index in [4.69, 9.17) is 5.84 Å². The summed E-state index contributed by atoms with van der Waals surface area (Å²) in [6.45, 7) is 0. The summed E-state index contributed by atoms with van der Waals surface area (Å²) >= 11 is 6.57. The summed E-state index contributed by atoms with van der Waals surface area (Å²) in [6.07, 6.45) is -5.15. The molecule has 2 nitrogen and oxygen atoms in total. The van der Waals surface area contributed by atoms with Gasteiger partial charge in [0.05, 0.1) is 0 Å². The maximum absolute atomic E-state index is 12.2. The van der Waals surface area contributed by atoms with Gasteiger partial charge in [-0.15, -0.1) is 0 Å². The van der Waals surface area contributed by atoms with E-state index in [2.05, 4.69) is 37.3 Å². The highest BCUT2D eigenvalue weighted by atomic mass is 79.9. The molecule has 1 unspecified atom stereocenters. The van der Waals surface area contributed by atoms with Gasteiger partial charge in [0.2, 0.25) is 0 Å². The van der Waals surface area contributed by atoms with Gasteiger partial charge in [-0.05, 0) is 30.2 Å². The minimum absolute atomic E-state index is 0.102. The highest BCUT2D eigenvalue weighted by Gasteiger charge is 2.29. The molecule has 0 aliphatic heterocycles. The summed E-state index contributed by atoms with van der Waals surface area (Å²) in [5.41, 5.74) is 3.11. The zero-order valence-electron chi connectivity index (χ0n) is 8.69. The SMILES string of the molecule is NNC(CCC(F)(F)F)c1cc(Br)ccc1Br. The predicted molar refractivity (Wildman–Crippen MR) is 67.2 cm³/mol. The highest BCUT2D eigenvalue weighted by Crippen LogP contribution is 2.32. The number of halogens is 5. The lowest BCUT2D eigenvalue weighted by atomic mass is 10.0. The van der Waals surface area contributed by atoms with Crippen molar-refractivity contribution < 1.29 is 13.2 Å². The molecule has 0 aliphatic carbocycles.